The van der Waals surface area contributed by atoms with Gasteiger partial charge in [-0.3, -0.25) is 19.5 Å². The van der Waals surface area contributed by atoms with Crippen LogP contribution in [0.25, 0.3) is 0 Å². The summed E-state index contributed by atoms with van der Waals surface area (Å²) < 4.78 is 0. The van der Waals surface area contributed by atoms with Crippen molar-refractivity contribution in [3.05, 3.63) is 30.1 Å². The third kappa shape index (κ3) is 4.12. The van der Waals surface area contributed by atoms with Gasteiger partial charge in [-0.25, -0.2) is 0 Å². The fourth-order valence-corrected chi connectivity index (χ4v) is 3.85. The number of piperidine rings is 2. The molecule has 130 valence electrons. The normalized spacial score (nSPS) is 24.0. The van der Waals surface area contributed by atoms with Crippen molar-refractivity contribution in [3.63, 3.8) is 0 Å². The zero-order valence-electron chi connectivity index (χ0n) is 14.0. The maximum atomic E-state index is 12.5. The highest BCUT2D eigenvalue weighted by Crippen LogP contribution is 2.30. The molecule has 0 aliphatic carbocycles. The SMILES string of the molecule is O=C(NCCNC(=O)[C@@H]1CCCN2CCCC[C@H]12)c1cccnc1. The summed E-state index contributed by atoms with van der Waals surface area (Å²) in [5.74, 6) is 0.0868. The van der Waals surface area contributed by atoms with Gasteiger partial charge in [0.25, 0.3) is 5.91 Å². The molecule has 2 aliphatic heterocycles. The van der Waals surface area contributed by atoms with Gasteiger partial charge < -0.3 is 10.6 Å². The van der Waals surface area contributed by atoms with Crippen molar-refractivity contribution < 1.29 is 9.59 Å². The number of fused-ring (bicyclic) bond motifs is 1. The fourth-order valence-electron chi connectivity index (χ4n) is 3.85. The first-order valence-corrected chi connectivity index (χ1v) is 8.95. The van der Waals surface area contributed by atoms with E-state index in [0.717, 1.165) is 32.4 Å². The summed E-state index contributed by atoms with van der Waals surface area (Å²) >= 11 is 0. The van der Waals surface area contributed by atoms with E-state index in [1.807, 2.05) is 0 Å². The molecule has 0 bridgehead atoms. The maximum absolute atomic E-state index is 12.5. The molecule has 6 heteroatoms. The number of carbonyl (C=O) groups excluding carboxylic acids is 2. The number of rotatable bonds is 5. The van der Waals surface area contributed by atoms with Gasteiger partial charge in [0, 0.05) is 31.5 Å². The summed E-state index contributed by atoms with van der Waals surface area (Å²) in [5.41, 5.74) is 0.536. The molecule has 2 saturated heterocycles. The van der Waals surface area contributed by atoms with Crippen LogP contribution in [0.2, 0.25) is 0 Å². The highest BCUT2D eigenvalue weighted by Gasteiger charge is 2.36. The predicted molar refractivity (Wildman–Crippen MR) is 91.5 cm³/mol. The van der Waals surface area contributed by atoms with Crippen LogP contribution in [0.15, 0.2) is 24.5 Å². The largest absolute Gasteiger partial charge is 0.354 e. The molecule has 0 unspecified atom stereocenters. The van der Waals surface area contributed by atoms with Crippen LogP contribution in [-0.2, 0) is 4.79 Å². The number of carbonyl (C=O) groups is 2. The molecule has 0 aromatic carbocycles. The molecule has 2 atom stereocenters. The quantitative estimate of drug-likeness (QED) is 0.796. The first-order valence-electron chi connectivity index (χ1n) is 8.95. The Morgan fingerprint density at radius 3 is 2.79 bits per heavy atom. The van der Waals surface area contributed by atoms with Crippen molar-refractivity contribution >= 4 is 11.8 Å². The molecule has 1 aromatic rings. The summed E-state index contributed by atoms with van der Waals surface area (Å²) in [7, 11) is 0. The second-order valence-corrected chi connectivity index (χ2v) is 6.64. The number of amides is 2. The van der Waals surface area contributed by atoms with Crippen molar-refractivity contribution in [3.8, 4) is 0 Å². The van der Waals surface area contributed by atoms with E-state index in [-0.39, 0.29) is 17.7 Å². The van der Waals surface area contributed by atoms with Gasteiger partial charge in [-0.1, -0.05) is 6.42 Å². The number of hydrogen-bond acceptors (Lipinski definition) is 4. The summed E-state index contributed by atoms with van der Waals surface area (Å²) in [6, 6.07) is 3.87. The molecule has 1 aromatic heterocycles. The molecule has 2 N–H and O–H groups in total. The van der Waals surface area contributed by atoms with Gasteiger partial charge in [-0.2, -0.15) is 0 Å². The standard InChI is InChI=1S/C18H26N4O2/c23-17(14-5-3-8-19-13-14)20-9-10-21-18(24)15-6-4-12-22-11-2-1-7-16(15)22/h3,5,8,13,15-16H,1-2,4,6-7,9-12H2,(H,20,23)(H,21,24)/t15-,16-/m1/s1. The van der Waals surface area contributed by atoms with Crippen LogP contribution in [0.4, 0.5) is 0 Å². The van der Waals surface area contributed by atoms with Gasteiger partial charge in [0.1, 0.15) is 0 Å². The molecular weight excluding hydrogens is 304 g/mol. The summed E-state index contributed by atoms with van der Waals surface area (Å²) in [6.07, 6.45) is 8.87. The Labute approximate surface area is 143 Å². The average molecular weight is 330 g/mol. The molecular formula is C18H26N4O2. The first kappa shape index (κ1) is 16.9. The zero-order valence-corrected chi connectivity index (χ0v) is 14.0. The van der Waals surface area contributed by atoms with Gasteiger partial charge in [-0.05, 0) is 50.9 Å². The minimum Gasteiger partial charge on any atom is -0.354 e. The van der Waals surface area contributed by atoms with E-state index in [0.29, 0.717) is 24.7 Å². The summed E-state index contributed by atoms with van der Waals surface area (Å²) in [6.45, 7) is 3.17. The van der Waals surface area contributed by atoms with E-state index in [4.69, 9.17) is 0 Å². The molecule has 0 radical (unpaired) electrons. The third-order valence-corrected chi connectivity index (χ3v) is 5.06. The Morgan fingerprint density at radius 1 is 1.12 bits per heavy atom. The van der Waals surface area contributed by atoms with E-state index < -0.39 is 0 Å². The second-order valence-electron chi connectivity index (χ2n) is 6.64. The van der Waals surface area contributed by atoms with Crippen molar-refractivity contribution in [2.75, 3.05) is 26.2 Å². The van der Waals surface area contributed by atoms with Crippen LogP contribution in [0, 0.1) is 5.92 Å². The molecule has 6 nitrogen and oxygen atoms in total. The van der Waals surface area contributed by atoms with Crippen molar-refractivity contribution in [1.82, 2.24) is 20.5 Å². The molecule has 2 amide bonds. The summed E-state index contributed by atoms with van der Waals surface area (Å²) in [5, 5.41) is 5.81. The Hall–Kier alpha value is -1.95. The lowest BCUT2D eigenvalue weighted by molar-refractivity contribution is -0.129. The molecule has 0 spiro atoms. The number of nitrogens with zero attached hydrogens (tertiary/aromatic N) is 2. The minimum atomic E-state index is -0.159. The average Bonchev–Trinajstić information content (AvgIpc) is 2.65. The van der Waals surface area contributed by atoms with Crippen LogP contribution in [0.3, 0.4) is 0 Å². The number of pyridine rings is 1. The smallest absolute Gasteiger partial charge is 0.252 e. The zero-order chi connectivity index (χ0) is 16.8. The van der Waals surface area contributed by atoms with E-state index >= 15 is 0 Å². The topological polar surface area (TPSA) is 74.3 Å². The third-order valence-electron chi connectivity index (χ3n) is 5.06. The highest BCUT2D eigenvalue weighted by molar-refractivity contribution is 5.93. The van der Waals surface area contributed by atoms with Crippen LogP contribution in [0.1, 0.15) is 42.5 Å². The van der Waals surface area contributed by atoms with E-state index in [9.17, 15) is 9.59 Å². The van der Waals surface area contributed by atoms with Crippen molar-refractivity contribution in [1.29, 1.82) is 0 Å². The van der Waals surface area contributed by atoms with Gasteiger partial charge in [0.05, 0.1) is 11.5 Å². The molecule has 2 fully saturated rings. The fraction of sp³-hybridized carbons (Fsp3) is 0.611. The van der Waals surface area contributed by atoms with Crippen molar-refractivity contribution in [2.45, 2.75) is 38.1 Å². The van der Waals surface area contributed by atoms with Gasteiger partial charge in [0.15, 0.2) is 0 Å². The molecule has 3 rings (SSSR count). The Bertz CT molecular complexity index is 561. The Balaban J connectivity index is 1.41. The first-order chi connectivity index (χ1) is 11.8. The van der Waals surface area contributed by atoms with Gasteiger partial charge >= 0.3 is 0 Å². The van der Waals surface area contributed by atoms with Crippen LogP contribution in [-0.4, -0.2) is 53.9 Å². The van der Waals surface area contributed by atoms with Gasteiger partial charge in [-0.15, -0.1) is 0 Å². The van der Waals surface area contributed by atoms with Gasteiger partial charge in [0.2, 0.25) is 5.91 Å². The Morgan fingerprint density at radius 2 is 1.96 bits per heavy atom. The van der Waals surface area contributed by atoms with E-state index in [2.05, 4.69) is 20.5 Å². The molecule has 24 heavy (non-hydrogen) atoms. The number of aromatic nitrogens is 1. The molecule has 0 saturated carbocycles. The molecule has 3 heterocycles. The number of nitrogens with one attached hydrogen (secondary N) is 2. The molecule has 2 aliphatic rings. The lowest BCUT2D eigenvalue weighted by atomic mass is 9.83. The van der Waals surface area contributed by atoms with Crippen LogP contribution < -0.4 is 10.6 Å². The van der Waals surface area contributed by atoms with Crippen LogP contribution >= 0.6 is 0 Å². The number of hydrogen-bond donors (Lipinski definition) is 2. The van der Waals surface area contributed by atoms with E-state index in [1.54, 1.807) is 18.3 Å². The monoisotopic (exact) mass is 330 g/mol. The Kier molecular flexibility index (Phi) is 5.80. The van der Waals surface area contributed by atoms with Crippen LogP contribution in [0.5, 0.6) is 0 Å². The lowest BCUT2D eigenvalue weighted by Gasteiger charge is -2.43. The predicted octanol–water partition coefficient (Wildman–Crippen LogP) is 1.19. The minimum absolute atomic E-state index is 0.105. The van der Waals surface area contributed by atoms with E-state index in [1.165, 1.54) is 19.0 Å². The van der Waals surface area contributed by atoms with Crippen molar-refractivity contribution in [2.24, 2.45) is 5.92 Å². The summed E-state index contributed by atoms with van der Waals surface area (Å²) in [4.78, 5) is 30.8. The lowest BCUT2D eigenvalue weighted by Crippen LogP contribution is -2.53. The maximum Gasteiger partial charge on any atom is 0.252 e. The highest BCUT2D eigenvalue weighted by atomic mass is 16.2. The second kappa shape index (κ2) is 8.24.